The predicted molar refractivity (Wildman–Crippen MR) is 86.5 cm³/mol. The van der Waals surface area contributed by atoms with Gasteiger partial charge >= 0.3 is 0 Å². The van der Waals surface area contributed by atoms with Crippen LogP contribution >= 0.6 is 23.2 Å². The minimum Gasteiger partial charge on any atom is -0.482 e. The highest BCUT2D eigenvalue weighted by atomic mass is 35.5. The van der Waals surface area contributed by atoms with Crippen molar-refractivity contribution in [1.29, 1.82) is 0 Å². The van der Waals surface area contributed by atoms with Crippen LogP contribution in [-0.2, 0) is 18.3 Å². The Morgan fingerprint density at radius 2 is 2.18 bits per heavy atom. The molecule has 2 aromatic rings. The van der Waals surface area contributed by atoms with Crippen LogP contribution in [0, 0.1) is 0 Å². The summed E-state index contributed by atoms with van der Waals surface area (Å²) in [6.45, 7) is 0.535. The van der Waals surface area contributed by atoms with Crippen molar-refractivity contribution in [3.63, 3.8) is 0 Å². The van der Waals surface area contributed by atoms with E-state index in [9.17, 15) is 4.79 Å². The molecular weight excluding hydrogens is 325 g/mol. The van der Waals surface area contributed by atoms with Crippen LogP contribution in [0.5, 0.6) is 5.75 Å². The van der Waals surface area contributed by atoms with E-state index in [1.54, 1.807) is 41.0 Å². The van der Waals surface area contributed by atoms with Crippen LogP contribution in [-0.4, -0.2) is 40.8 Å². The lowest BCUT2D eigenvalue weighted by atomic mass is 10.2. The van der Waals surface area contributed by atoms with Gasteiger partial charge in [-0.05, 0) is 30.2 Å². The maximum absolute atomic E-state index is 12.0. The molecule has 0 bridgehead atoms. The van der Waals surface area contributed by atoms with Crippen molar-refractivity contribution in [3.8, 4) is 5.75 Å². The molecule has 0 aliphatic rings. The van der Waals surface area contributed by atoms with Gasteiger partial charge in [-0.2, -0.15) is 5.10 Å². The second-order valence-corrected chi connectivity index (χ2v) is 5.79. The molecule has 1 heterocycles. The molecule has 0 N–H and O–H groups in total. The first-order valence-electron chi connectivity index (χ1n) is 6.75. The molecule has 0 atom stereocenters. The van der Waals surface area contributed by atoms with E-state index in [0.717, 1.165) is 12.0 Å². The Hall–Kier alpha value is -1.72. The molecule has 0 radical (unpaired) electrons. The number of aryl methyl sites for hydroxylation is 1. The second kappa shape index (κ2) is 7.51. The van der Waals surface area contributed by atoms with Gasteiger partial charge in [0.2, 0.25) is 0 Å². The number of hydrogen-bond acceptors (Lipinski definition) is 3. The number of carbonyl (C=O) groups is 1. The standard InChI is InChI=1S/C15H17Cl2N3O2/c1-19(6-5-11-8-18-20(2)9-11)15(21)10-22-14-4-3-12(16)7-13(14)17/h3-4,7-9H,5-6,10H2,1-2H3. The third-order valence-corrected chi connectivity index (χ3v) is 3.70. The summed E-state index contributed by atoms with van der Waals surface area (Å²) in [6, 6.07) is 4.89. The van der Waals surface area contributed by atoms with Gasteiger partial charge in [-0.15, -0.1) is 0 Å². The van der Waals surface area contributed by atoms with Gasteiger partial charge in [-0.25, -0.2) is 0 Å². The van der Waals surface area contributed by atoms with Gasteiger partial charge in [-0.1, -0.05) is 23.2 Å². The molecule has 0 fully saturated rings. The number of nitrogens with zero attached hydrogens (tertiary/aromatic N) is 3. The van der Waals surface area contributed by atoms with Crippen molar-refractivity contribution in [2.75, 3.05) is 20.2 Å². The summed E-state index contributed by atoms with van der Waals surface area (Å²) in [6.07, 6.45) is 4.47. The predicted octanol–water partition coefficient (Wildman–Crippen LogP) is 2.81. The molecule has 22 heavy (non-hydrogen) atoms. The molecule has 2 rings (SSSR count). The third-order valence-electron chi connectivity index (χ3n) is 3.17. The van der Waals surface area contributed by atoms with E-state index >= 15 is 0 Å². The van der Waals surface area contributed by atoms with Crippen LogP contribution in [0.15, 0.2) is 30.6 Å². The topological polar surface area (TPSA) is 47.4 Å². The summed E-state index contributed by atoms with van der Waals surface area (Å²) in [7, 11) is 3.60. The molecular formula is C15H17Cl2N3O2. The van der Waals surface area contributed by atoms with Crippen molar-refractivity contribution >= 4 is 29.1 Å². The fourth-order valence-electron chi connectivity index (χ4n) is 1.86. The zero-order valence-corrected chi connectivity index (χ0v) is 13.9. The molecule has 0 unspecified atom stereocenters. The lowest BCUT2D eigenvalue weighted by Gasteiger charge is -2.17. The maximum Gasteiger partial charge on any atom is 0.260 e. The average molecular weight is 342 g/mol. The van der Waals surface area contributed by atoms with Crippen molar-refractivity contribution in [2.45, 2.75) is 6.42 Å². The van der Waals surface area contributed by atoms with E-state index in [2.05, 4.69) is 5.10 Å². The summed E-state index contributed by atoms with van der Waals surface area (Å²) in [5.74, 6) is 0.329. The molecule has 5 nitrogen and oxygen atoms in total. The molecule has 0 spiro atoms. The van der Waals surface area contributed by atoms with E-state index in [1.807, 2.05) is 13.2 Å². The maximum atomic E-state index is 12.0. The Balaban J connectivity index is 1.81. The summed E-state index contributed by atoms with van der Waals surface area (Å²) in [5.41, 5.74) is 1.09. The molecule has 1 amide bonds. The monoisotopic (exact) mass is 341 g/mol. The fourth-order valence-corrected chi connectivity index (χ4v) is 2.33. The Morgan fingerprint density at radius 1 is 1.41 bits per heavy atom. The highest BCUT2D eigenvalue weighted by Gasteiger charge is 2.11. The number of likely N-dealkylation sites (N-methyl/N-ethyl adjacent to an activating group) is 1. The average Bonchev–Trinajstić information content (AvgIpc) is 2.89. The number of ether oxygens (including phenoxy) is 1. The zero-order valence-electron chi connectivity index (χ0n) is 12.4. The number of hydrogen-bond donors (Lipinski definition) is 0. The first-order valence-corrected chi connectivity index (χ1v) is 7.50. The van der Waals surface area contributed by atoms with Crippen LogP contribution in [0.4, 0.5) is 0 Å². The van der Waals surface area contributed by atoms with E-state index in [0.29, 0.717) is 22.3 Å². The summed E-state index contributed by atoms with van der Waals surface area (Å²) < 4.78 is 7.17. The second-order valence-electron chi connectivity index (χ2n) is 4.95. The van der Waals surface area contributed by atoms with Crippen LogP contribution in [0.25, 0.3) is 0 Å². The summed E-state index contributed by atoms with van der Waals surface area (Å²) in [5, 5.41) is 5.01. The summed E-state index contributed by atoms with van der Waals surface area (Å²) >= 11 is 11.8. The number of benzene rings is 1. The van der Waals surface area contributed by atoms with Gasteiger partial charge in [0.05, 0.1) is 11.2 Å². The van der Waals surface area contributed by atoms with Crippen LogP contribution in [0.1, 0.15) is 5.56 Å². The van der Waals surface area contributed by atoms with Gasteiger partial charge in [-0.3, -0.25) is 9.48 Å². The Morgan fingerprint density at radius 3 is 2.82 bits per heavy atom. The van der Waals surface area contributed by atoms with Gasteiger partial charge in [0.25, 0.3) is 5.91 Å². The van der Waals surface area contributed by atoms with Crippen molar-refractivity contribution in [1.82, 2.24) is 14.7 Å². The summed E-state index contributed by atoms with van der Waals surface area (Å²) in [4.78, 5) is 13.7. The molecule has 7 heteroatoms. The van der Waals surface area contributed by atoms with Gasteiger partial charge in [0, 0.05) is 31.9 Å². The van der Waals surface area contributed by atoms with Gasteiger partial charge < -0.3 is 9.64 Å². The third kappa shape index (κ3) is 4.64. The van der Waals surface area contributed by atoms with E-state index in [1.165, 1.54) is 0 Å². The van der Waals surface area contributed by atoms with E-state index < -0.39 is 0 Å². The Kier molecular flexibility index (Phi) is 5.69. The molecule has 0 saturated heterocycles. The van der Waals surface area contributed by atoms with Crippen molar-refractivity contribution < 1.29 is 9.53 Å². The molecule has 0 aliphatic carbocycles. The largest absolute Gasteiger partial charge is 0.482 e. The number of rotatable bonds is 6. The molecule has 0 saturated carbocycles. The lowest BCUT2D eigenvalue weighted by molar-refractivity contribution is -0.132. The SMILES string of the molecule is CN(CCc1cnn(C)c1)C(=O)COc1ccc(Cl)cc1Cl. The minimum absolute atomic E-state index is 0.0646. The first kappa shape index (κ1) is 16.6. The van der Waals surface area contributed by atoms with Crippen LogP contribution in [0.2, 0.25) is 10.0 Å². The van der Waals surface area contributed by atoms with Crippen molar-refractivity contribution in [3.05, 3.63) is 46.2 Å². The van der Waals surface area contributed by atoms with E-state index in [-0.39, 0.29) is 12.5 Å². The molecule has 118 valence electrons. The normalized spacial score (nSPS) is 10.5. The van der Waals surface area contributed by atoms with Crippen molar-refractivity contribution in [2.24, 2.45) is 7.05 Å². The minimum atomic E-state index is -0.116. The van der Waals surface area contributed by atoms with Crippen LogP contribution in [0.3, 0.4) is 0 Å². The van der Waals surface area contributed by atoms with Crippen LogP contribution < -0.4 is 4.74 Å². The number of aromatic nitrogens is 2. The lowest BCUT2D eigenvalue weighted by Crippen LogP contribution is -2.33. The number of halogens is 2. The molecule has 1 aromatic carbocycles. The Bertz CT molecular complexity index is 658. The first-order chi connectivity index (χ1) is 10.5. The highest BCUT2D eigenvalue weighted by Crippen LogP contribution is 2.27. The van der Waals surface area contributed by atoms with Gasteiger partial charge in [0.1, 0.15) is 5.75 Å². The smallest absolute Gasteiger partial charge is 0.260 e. The molecule has 0 aliphatic heterocycles. The Labute approximate surface area is 139 Å². The number of carbonyl (C=O) groups excluding carboxylic acids is 1. The quantitative estimate of drug-likeness (QED) is 0.811. The van der Waals surface area contributed by atoms with E-state index in [4.69, 9.17) is 27.9 Å². The highest BCUT2D eigenvalue weighted by molar-refractivity contribution is 6.35. The molecule has 1 aromatic heterocycles. The van der Waals surface area contributed by atoms with Gasteiger partial charge in [0.15, 0.2) is 6.61 Å². The number of amides is 1. The fraction of sp³-hybridized carbons (Fsp3) is 0.333. The zero-order chi connectivity index (χ0) is 16.1.